The second kappa shape index (κ2) is 3.74. The highest BCUT2D eigenvalue weighted by Crippen LogP contribution is 2.30. The average Bonchev–Trinajstić information content (AvgIpc) is 2.70. The van der Waals surface area contributed by atoms with Gasteiger partial charge in [0.25, 0.3) is 0 Å². The third kappa shape index (κ3) is 1.69. The van der Waals surface area contributed by atoms with Gasteiger partial charge in [-0.3, -0.25) is 4.79 Å². The lowest BCUT2D eigenvalue weighted by atomic mass is 9.91. The standard InChI is InChI=1S/C9H10BrNO3/c10-8-1-5(4-14-8)6-2-11-3-7(6)9(12)13/h1,4,6-7,11H,2-3H2,(H,12,13). The van der Waals surface area contributed by atoms with E-state index >= 15 is 0 Å². The normalized spacial score (nSPS) is 26.6. The molecule has 0 aliphatic carbocycles. The predicted octanol–water partition coefficient (Wildman–Crippen LogP) is 1.43. The number of hydrogen-bond donors (Lipinski definition) is 2. The van der Waals surface area contributed by atoms with Gasteiger partial charge < -0.3 is 14.8 Å². The van der Waals surface area contributed by atoms with Crippen LogP contribution in [0.25, 0.3) is 0 Å². The van der Waals surface area contributed by atoms with Crippen LogP contribution in [0.15, 0.2) is 21.4 Å². The lowest BCUT2D eigenvalue weighted by molar-refractivity contribution is -0.141. The van der Waals surface area contributed by atoms with Crippen LogP contribution in [0.5, 0.6) is 0 Å². The van der Waals surface area contributed by atoms with Crippen molar-refractivity contribution in [2.45, 2.75) is 5.92 Å². The van der Waals surface area contributed by atoms with Crippen LogP contribution in [0, 0.1) is 5.92 Å². The van der Waals surface area contributed by atoms with E-state index in [9.17, 15) is 4.79 Å². The van der Waals surface area contributed by atoms with Crippen LogP contribution in [0.3, 0.4) is 0 Å². The lowest BCUT2D eigenvalue weighted by Crippen LogP contribution is -2.20. The lowest BCUT2D eigenvalue weighted by Gasteiger charge is -2.11. The Morgan fingerprint density at radius 1 is 1.64 bits per heavy atom. The van der Waals surface area contributed by atoms with Crippen molar-refractivity contribution in [3.05, 3.63) is 22.6 Å². The Morgan fingerprint density at radius 2 is 2.43 bits per heavy atom. The van der Waals surface area contributed by atoms with Crippen LogP contribution >= 0.6 is 15.9 Å². The molecule has 2 heterocycles. The number of nitrogens with one attached hydrogen (secondary N) is 1. The summed E-state index contributed by atoms with van der Waals surface area (Å²) in [5.41, 5.74) is 0.939. The van der Waals surface area contributed by atoms with E-state index < -0.39 is 5.97 Å². The van der Waals surface area contributed by atoms with E-state index in [-0.39, 0.29) is 11.8 Å². The van der Waals surface area contributed by atoms with Crippen LogP contribution in [-0.2, 0) is 4.79 Å². The number of furan rings is 1. The van der Waals surface area contributed by atoms with Gasteiger partial charge in [-0.1, -0.05) is 0 Å². The molecule has 2 rings (SSSR count). The molecule has 0 radical (unpaired) electrons. The molecular formula is C9H10BrNO3. The quantitative estimate of drug-likeness (QED) is 0.844. The van der Waals surface area contributed by atoms with Gasteiger partial charge in [-0.2, -0.15) is 0 Å². The molecule has 2 unspecified atom stereocenters. The van der Waals surface area contributed by atoms with Crippen molar-refractivity contribution in [1.82, 2.24) is 5.32 Å². The van der Waals surface area contributed by atoms with E-state index in [0.29, 0.717) is 17.8 Å². The highest BCUT2D eigenvalue weighted by molar-refractivity contribution is 9.10. The van der Waals surface area contributed by atoms with Gasteiger partial charge in [-0.15, -0.1) is 0 Å². The molecule has 2 N–H and O–H groups in total. The summed E-state index contributed by atoms with van der Waals surface area (Å²) < 4.78 is 5.74. The number of halogens is 1. The number of carboxylic acids is 1. The molecule has 1 aliphatic heterocycles. The summed E-state index contributed by atoms with van der Waals surface area (Å²) >= 11 is 3.20. The van der Waals surface area contributed by atoms with E-state index in [0.717, 1.165) is 5.56 Å². The molecule has 0 aromatic carbocycles. The monoisotopic (exact) mass is 259 g/mol. The molecule has 4 nitrogen and oxygen atoms in total. The maximum Gasteiger partial charge on any atom is 0.308 e. The maximum atomic E-state index is 10.9. The van der Waals surface area contributed by atoms with Crippen LogP contribution in [0.4, 0.5) is 0 Å². The topological polar surface area (TPSA) is 62.5 Å². The Hall–Kier alpha value is -0.810. The first-order valence-electron chi connectivity index (χ1n) is 4.36. The number of carboxylic acid groups (broad SMARTS) is 1. The minimum atomic E-state index is -0.752. The third-order valence-corrected chi connectivity index (χ3v) is 2.96. The van der Waals surface area contributed by atoms with Crippen molar-refractivity contribution in [3.8, 4) is 0 Å². The summed E-state index contributed by atoms with van der Waals surface area (Å²) in [7, 11) is 0. The van der Waals surface area contributed by atoms with Crippen LogP contribution < -0.4 is 5.32 Å². The van der Waals surface area contributed by atoms with Gasteiger partial charge in [-0.05, 0) is 27.6 Å². The fourth-order valence-corrected chi connectivity index (χ4v) is 2.16. The summed E-state index contributed by atoms with van der Waals surface area (Å²) in [6.07, 6.45) is 1.61. The van der Waals surface area contributed by atoms with E-state index in [4.69, 9.17) is 9.52 Å². The average molecular weight is 260 g/mol. The minimum absolute atomic E-state index is 0.0162. The van der Waals surface area contributed by atoms with Crippen LogP contribution in [-0.4, -0.2) is 24.2 Å². The summed E-state index contributed by atoms with van der Waals surface area (Å²) in [6, 6.07) is 1.83. The molecular weight excluding hydrogens is 250 g/mol. The smallest absolute Gasteiger partial charge is 0.308 e. The molecule has 1 aromatic heterocycles. The molecule has 5 heteroatoms. The molecule has 76 valence electrons. The minimum Gasteiger partial charge on any atom is -0.481 e. The van der Waals surface area contributed by atoms with E-state index in [1.165, 1.54) is 0 Å². The molecule has 2 atom stereocenters. The molecule has 1 aromatic rings. The first-order chi connectivity index (χ1) is 6.68. The molecule has 0 amide bonds. The van der Waals surface area contributed by atoms with Gasteiger partial charge in [0.1, 0.15) is 0 Å². The number of hydrogen-bond acceptors (Lipinski definition) is 3. The molecule has 14 heavy (non-hydrogen) atoms. The van der Waals surface area contributed by atoms with Crippen molar-refractivity contribution in [2.75, 3.05) is 13.1 Å². The molecule has 1 saturated heterocycles. The second-order valence-corrected chi connectivity index (χ2v) is 4.18. The van der Waals surface area contributed by atoms with Crippen LogP contribution in [0.2, 0.25) is 0 Å². The Bertz CT molecular complexity index is 350. The summed E-state index contributed by atoms with van der Waals surface area (Å²) in [6.45, 7) is 1.23. The van der Waals surface area contributed by atoms with Gasteiger partial charge in [0.15, 0.2) is 4.67 Å². The molecule has 1 aliphatic rings. The maximum absolute atomic E-state index is 10.9. The summed E-state index contributed by atoms with van der Waals surface area (Å²) in [5.74, 6) is -1.08. The highest BCUT2D eigenvalue weighted by atomic mass is 79.9. The predicted molar refractivity (Wildman–Crippen MR) is 53.1 cm³/mol. The van der Waals surface area contributed by atoms with Crippen molar-refractivity contribution < 1.29 is 14.3 Å². The Morgan fingerprint density at radius 3 is 3.00 bits per heavy atom. The summed E-state index contributed by atoms with van der Waals surface area (Å²) in [5, 5.41) is 12.0. The number of carbonyl (C=O) groups is 1. The summed E-state index contributed by atoms with van der Waals surface area (Å²) in [4.78, 5) is 10.9. The van der Waals surface area contributed by atoms with Crippen molar-refractivity contribution >= 4 is 21.9 Å². The number of aliphatic carboxylic acids is 1. The first-order valence-corrected chi connectivity index (χ1v) is 5.15. The zero-order valence-electron chi connectivity index (χ0n) is 7.37. The van der Waals surface area contributed by atoms with Crippen LogP contribution in [0.1, 0.15) is 11.5 Å². The molecule has 0 saturated carbocycles. The van der Waals surface area contributed by atoms with E-state index in [1.54, 1.807) is 6.26 Å². The largest absolute Gasteiger partial charge is 0.481 e. The Kier molecular flexibility index (Phi) is 2.60. The van der Waals surface area contributed by atoms with Crippen molar-refractivity contribution in [1.29, 1.82) is 0 Å². The van der Waals surface area contributed by atoms with E-state index in [1.807, 2.05) is 6.07 Å². The third-order valence-electron chi connectivity index (χ3n) is 2.55. The number of rotatable bonds is 2. The SMILES string of the molecule is O=C(O)C1CNCC1c1coc(Br)c1. The van der Waals surface area contributed by atoms with Crippen molar-refractivity contribution in [3.63, 3.8) is 0 Å². The van der Waals surface area contributed by atoms with Gasteiger partial charge >= 0.3 is 5.97 Å². The molecule has 1 fully saturated rings. The van der Waals surface area contributed by atoms with Gasteiger partial charge in [0.05, 0.1) is 12.2 Å². The van der Waals surface area contributed by atoms with Gasteiger partial charge in [-0.25, -0.2) is 0 Å². The Labute approximate surface area is 89.4 Å². The first kappa shape index (κ1) is 9.73. The zero-order valence-corrected chi connectivity index (χ0v) is 8.95. The van der Waals surface area contributed by atoms with E-state index in [2.05, 4.69) is 21.2 Å². The Balaban J connectivity index is 2.21. The fraction of sp³-hybridized carbons (Fsp3) is 0.444. The highest BCUT2D eigenvalue weighted by Gasteiger charge is 2.34. The van der Waals surface area contributed by atoms with Crippen molar-refractivity contribution in [2.24, 2.45) is 5.92 Å². The fourth-order valence-electron chi connectivity index (χ4n) is 1.81. The van der Waals surface area contributed by atoms with Gasteiger partial charge in [0, 0.05) is 19.0 Å². The second-order valence-electron chi connectivity index (χ2n) is 3.39. The van der Waals surface area contributed by atoms with Gasteiger partial charge in [0.2, 0.25) is 0 Å². The molecule has 0 spiro atoms. The zero-order chi connectivity index (χ0) is 10.1. The molecule has 0 bridgehead atoms.